The number of piperazine rings is 1. The van der Waals surface area contributed by atoms with Crippen molar-refractivity contribution in [3.63, 3.8) is 0 Å². The van der Waals surface area contributed by atoms with Gasteiger partial charge in [-0.3, -0.25) is 4.90 Å². The predicted molar refractivity (Wildman–Crippen MR) is 77.5 cm³/mol. The Morgan fingerprint density at radius 3 is 2.70 bits per heavy atom. The number of halogens is 3. The number of hydrogen-bond donors (Lipinski definition) is 1. The highest BCUT2D eigenvalue weighted by molar-refractivity contribution is 5.54. The zero-order valence-corrected chi connectivity index (χ0v) is 12.6. The molecule has 3 rings (SSSR count). The third kappa shape index (κ3) is 3.70. The molecule has 1 atom stereocenters. The molecule has 1 aromatic carbocycles. The normalized spacial score (nSPS) is 19.9. The van der Waals surface area contributed by atoms with Gasteiger partial charge in [-0.05, 0) is 19.1 Å². The van der Waals surface area contributed by atoms with Crippen molar-refractivity contribution in [2.75, 3.05) is 19.6 Å². The summed E-state index contributed by atoms with van der Waals surface area (Å²) in [4.78, 5) is 6.50. The number of rotatable bonds is 3. The van der Waals surface area contributed by atoms with Crippen LogP contribution in [0.2, 0.25) is 0 Å². The van der Waals surface area contributed by atoms with Crippen LogP contribution in [-0.2, 0) is 12.7 Å². The first-order chi connectivity index (χ1) is 10.9. The molecular weight excluding hydrogens is 309 g/mol. The Labute approximate surface area is 131 Å². The molecule has 1 N–H and O–H groups in total. The topological polar surface area (TPSA) is 54.2 Å². The number of alkyl halides is 3. The molecule has 0 saturated carbocycles. The van der Waals surface area contributed by atoms with Gasteiger partial charge in [0.05, 0.1) is 12.1 Å². The molecule has 1 saturated heterocycles. The summed E-state index contributed by atoms with van der Waals surface area (Å²) in [6.45, 7) is 5.35. The molecule has 1 aromatic heterocycles. The summed E-state index contributed by atoms with van der Waals surface area (Å²) in [6.07, 6.45) is -4.35. The van der Waals surface area contributed by atoms with Crippen LogP contribution in [0.4, 0.5) is 13.2 Å². The molecule has 0 spiro atoms. The fourth-order valence-electron chi connectivity index (χ4n) is 2.54. The van der Waals surface area contributed by atoms with E-state index in [4.69, 9.17) is 4.52 Å². The van der Waals surface area contributed by atoms with Gasteiger partial charge in [-0.1, -0.05) is 17.3 Å². The lowest BCUT2D eigenvalue weighted by atomic mass is 10.1. The van der Waals surface area contributed by atoms with Crippen LogP contribution in [0.25, 0.3) is 11.4 Å². The van der Waals surface area contributed by atoms with Crippen LogP contribution in [0.15, 0.2) is 28.8 Å². The van der Waals surface area contributed by atoms with Crippen molar-refractivity contribution >= 4 is 0 Å². The molecule has 0 unspecified atom stereocenters. The highest BCUT2D eigenvalue weighted by Gasteiger charge is 2.30. The van der Waals surface area contributed by atoms with Crippen molar-refractivity contribution in [2.24, 2.45) is 0 Å². The van der Waals surface area contributed by atoms with E-state index in [-0.39, 0.29) is 0 Å². The summed E-state index contributed by atoms with van der Waals surface area (Å²) >= 11 is 0. The standard InChI is InChI=1S/C15H17F3N4O/c1-10-8-19-6-7-22(10)9-13-20-14(21-23-13)11-2-4-12(5-3-11)15(16,17)18/h2-5,10,19H,6-9H2,1H3/t10-/m1/s1. The van der Waals surface area contributed by atoms with E-state index in [1.54, 1.807) is 0 Å². The molecule has 8 heteroatoms. The van der Waals surface area contributed by atoms with Crippen LogP contribution in [0, 0.1) is 0 Å². The van der Waals surface area contributed by atoms with Crippen LogP contribution in [0.5, 0.6) is 0 Å². The molecule has 1 aliphatic heterocycles. The SMILES string of the molecule is C[C@@H]1CNCCN1Cc1nc(-c2ccc(C(F)(F)F)cc2)no1. The van der Waals surface area contributed by atoms with E-state index in [1.807, 2.05) is 0 Å². The molecule has 0 bridgehead atoms. The molecule has 1 aliphatic rings. The third-order valence-corrected chi connectivity index (χ3v) is 3.92. The van der Waals surface area contributed by atoms with Crippen molar-refractivity contribution in [3.05, 3.63) is 35.7 Å². The summed E-state index contributed by atoms with van der Waals surface area (Å²) in [6, 6.07) is 5.11. The minimum atomic E-state index is -4.35. The molecule has 124 valence electrons. The summed E-state index contributed by atoms with van der Waals surface area (Å²) in [5.74, 6) is 0.769. The van der Waals surface area contributed by atoms with Gasteiger partial charge >= 0.3 is 6.18 Å². The summed E-state index contributed by atoms with van der Waals surface area (Å²) in [5, 5.41) is 7.16. The van der Waals surface area contributed by atoms with Gasteiger partial charge < -0.3 is 9.84 Å². The van der Waals surface area contributed by atoms with Gasteiger partial charge in [0.25, 0.3) is 0 Å². The number of nitrogens with zero attached hydrogens (tertiary/aromatic N) is 3. The molecule has 5 nitrogen and oxygen atoms in total. The lowest BCUT2D eigenvalue weighted by Gasteiger charge is -2.32. The van der Waals surface area contributed by atoms with E-state index < -0.39 is 11.7 Å². The van der Waals surface area contributed by atoms with Crippen molar-refractivity contribution < 1.29 is 17.7 Å². The fourth-order valence-corrected chi connectivity index (χ4v) is 2.54. The van der Waals surface area contributed by atoms with E-state index in [0.717, 1.165) is 31.8 Å². The molecule has 0 radical (unpaired) electrons. The summed E-state index contributed by atoms with van der Waals surface area (Å²) in [5.41, 5.74) is -0.194. The van der Waals surface area contributed by atoms with E-state index in [0.29, 0.717) is 29.9 Å². The summed E-state index contributed by atoms with van der Waals surface area (Å²) in [7, 11) is 0. The molecular formula is C15H17F3N4O. The maximum Gasteiger partial charge on any atom is 0.416 e. The highest BCUT2D eigenvalue weighted by Crippen LogP contribution is 2.30. The average molecular weight is 326 g/mol. The Balaban J connectivity index is 1.71. The molecule has 23 heavy (non-hydrogen) atoms. The van der Waals surface area contributed by atoms with Crippen LogP contribution < -0.4 is 5.32 Å². The average Bonchev–Trinajstić information content (AvgIpc) is 2.97. The van der Waals surface area contributed by atoms with Crippen LogP contribution in [0.1, 0.15) is 18.4 Å². The lowest BCUT2D eigenvalue weighted by Crippen LogP contribution is -2.49. The van der Waals surface area contributed by atoms with Crippen LogP contribution in [-0.4, -0.2) is 40.7 Å². The Bertz CT molecular complexity index is 653. The molecule has 0 amide bonds. The van der Waals surface area contributed by atoms with Gasteiger partial charge in [0.2, 0.25) is 11.7 Å². The smallest absolute Gasteiger partial charge is 0.338 e. The van der Waals surface area contributed by atoms with Crippen LogP contribution >= 0.6 is 0 Å². The van der Waals surface area contributed by atoms with Gasteiger partial charge in [-0.2, -0.15) is 18.2 Å². The first-order valence-corrected chi connectivity index (χ1v) is 7.38. The van der Waals surface area contributed by atoms with Gasteiger partial charge in [0.15, 0.2) is 0 Å². The van der Waals surface area contributed by atoms with E-state index in [9.17, 15) is 13.2 Å². The fraction of sp³-hybridized carbons (Fsp3) is 0.467. The first kappa shape index (κ1) is 15.9. The van der Waals surface area contributed by atoms with E-state index >= 15 is 0 Å². The Morgan fingerprint density at radius 1 is 1.30 bits per heavy atom. The molecule has 2 heterocycles. The van der Waals surface area contributed by atoms with E-state index in [1.165, 1.54) is 12.1 Å². The maximum atomic E-state index is 12.6. The van der Waals surface area contributed by atoms with Gasteiger partial charge in [0, 0.05) is 31.2 Å². The molecule has 2 aromatic rings. The number of aromatic nitrogens is 2. The quantitative estimate of drug-likeness (QED) is 0.939. The predicted octanol–water partition coefficient (Wildman–Crippen LogP) is 2.55. The Hall–Kier alpha value is -1.93. The summed E-state index contributed by atoms with van der Waals surface area (Å²) < 4.78 is 42.9. The molecule has 1 fully saturated rings. The number of nitrogens with one attached hydrogen (secondary N) is 1. The van der Waals surface area contributed by atoms with Crippen LogP contribution in [0.3, 0.4) is 0 Å². The van der Waals surface area contributed by atoms with Gasteiger partial charge in [-0.15, -0.1) is 0 Å². The lowest BCUT2D eigenvalue weighted by molar-refractivity contribution is -0.137. The Morgan fingerprint density at radius 2 is 2.04 bits per heavy atom. The monoisotopic (exact) mass is 326 g/mol. The molecule has 0 aliphatic carbocycles. The van der Waals surface area contributed by atoms with Crippen molar-refractivity contribution in [2.45, 2.75) is 25.7 Å². The van der Waals surface area contributed by atoms with Crippen molar-refractivity contribution in [3.8, 4) is 11.4 Å². The zero-order valence-electron chi connectivity index (χ0n) is 12.6. The van der Waals surface area contributed by atoms with Gasteiger partial charge in [-0.25, -0.2) is 0 Å². The maximum absolute atomic E-state index is 12.6. The highest BCUT2D eigenvalue weighted by atomic mass is 19.4. The van der Waals surface area contributed by atoms with Crippen molar-refractivity contribution in [1.82, 2.24) is 20.4 Å². The number of hydrogen-bond acceptors (Lipinski definition) is 5. The second-order valence-electron chi connectivity index (χ2n) is 5.61. The van der Waals surface area contributed by atoms with Gasteiger partial charge in [0.1, 0.15) is 0 Å². The number of benzene rings is 1. The third-order valence-electron chi connectivity index (χ3n) is 3.92. The minimum Gasteiger partial charge on any atom is -0.338 e. The minimum absolute atomic E-state index is 0.302. The van der Waals surface area contributed by atoms with Crippen molar-refractivity contribution in [1.29, 1.82) is 0 Å². The largest absolute Gasteiger partial charge is 0.416 e. The zero-order chi connectivity index (χ0) is 16.4. The van der Waals surface area contributed by atoms with E-state index in [2.05, 4.69) is 27.3 Å². The second-order valence-corrected chi connectivity index (χ2v) is 5.61. The first-order valence-electron chi connectivity index (χ1n) is 7.38. The Kier molecular flexibility index (Phi) is 4.36. The second kappa shape index (κ2) is 6.29.